The van der Waals surface area contributed by atoms with Gasteiger partial charge >= 0.3 is 11.9 Å². The second-order valence-electron chi connectivity index (χ2n) is 14.0. The zero-order valence-electron chi connectivity index (χ0n) is 30.5. The van der Waals surface area contributed by atoms with E-state index >= 15 is 0 Å². The summed E-state index contributed by atoms with van der Waals surface area (Å²) in [6.45, 7) is 4.19. The molecular weight excluding hydrogens is 605 g/mol. The summed E-state index contributed by atoms with van der Waals surface area (Å²) in [5.74, 6) is -0.832. The third kappa shape index (κ3) is 32.9. The smallest absolute Gasteiger partial charge is 0.306 e. The average molecular weight is 678 g/mol. The van der Waals surface area contributed by atoms with Crippen molar-refractivity contribution in [3.63, 3.8) is 0 Å². The lowest BCUT2D eigenvalue weighted by atomic mass is 10.0. The fourth-order valence-corrected chi connectivity index (χ4v) is 5.85. The molecule has 0 radical (unpaired) electrons. The third-order valence-electron chi connectivity index (χ3n) is 8.13. The Hall–Kier alpha value is -0.990. The van der Waals surface area contributed by atoms with Crippen LogP contribution in [-0.2, 0) is 32.7 Å². The number of hydrogen-bond donors (Lipinski definition) is 0. The Morgan fingerprint density at radius 2 is 0.978 bits per heavy atom. The van der Waals surface area contributed by atoms with Crippen LogP contribution in [0.4, 0.5) is 0 Å². The molecule has 0 aliphatic carbocycles. The first-order chi connectivity index (χ1) is 22.0. The van der Waals surface area contributed by atoms with E-state index in [9.17, 15) is 19.0 Å². The van der Waals surface area contributed by atoms with Crippen molar-refractivity contribution in [1.29, 1.82) is 0 Å². The minimum absolute atomic E-state index is 0.0263. The van der Waals surface area contributed by atoms with Gasteiger partial charge in [0.15, 0.2) is 6.10 Å². The van der Waals surface area contributed by atoms with Gasteiger partial charge in [0.1, 0.15) is 19.8 Å². The lowest BCUT2D eigenvalue weighted by Gasteiger charge is -2.28. The highest BCUT2D eigenvalue weighted by Crippen LogP contribution is 2.38. The second-order valence-corrected chi connectivity index (χ2v) is 15.4. The van der Waals surface area contributed by atoms with Gasteiger partial charge in [-0.05, 0) is 12.8 Å². The number of quaternary nitrogens is 1. The van der Waals surface area contributed by atoms with Crippen molar-refractivity contribution in [3.8, 4) is 0 Å². The second kappa shape index (κ2) is 30.1. The first-order valence-corrected chi connectivity index (χ1v) is 20.2. The van der Waals surface area contributed by atoms with Crippen LogP contribution < -0.4 is 4.89 Å². The van der Waals surface area contributed by atoms with Crippen LogP contribution >= 0.6 is 7.82 Å². The number of likely N-dealkylation sites (N-methyl/N-ethyl adjacent to an activating group) is 1. The number of phosphoric acid groups is 1. The van der Waals surface area contributed by atoms with E-state index in [1.54, 1.807) is 0 Å². The van der Waals surface area contributed by atoms with Gasteiger partial charge in [-0.2, -0.15) is 0 Å². The van der Waals surface area contributed by atoms with E-state index < -0.39 is 26.5 Å². The van der Waals surface area contributed by atoms with Gasteiger partial charge in [-0.25, -0.2) is 0 Å². The highest BCUT2D eigenvalue weighted by atomic mass is 31.2. The molecule has 46 heavy (non-hydrogen) atoms. The molecule has 0 aliphatic heterocycles. The number of hydrogen-bond acceptors (Lipinski definition) is 8. The van der Waals surface area contributed by atoms with Crippen LogP contribution in [0.15, 0.2) is 0 Å². The van der Waals surface area contributed by atoms with Crippen LogP contribution in [-0.4, -0.2) is 70.0 Å². The van der Waals surface area contributed by atoms with Crippen molar-refractivity contribution in [3.05, 3.63) is 0 Å². The predicted octanol–water partition coefficient (Wildman–Crippen LogP) is 9.05. The standard InChI is InChI=1S/C36H72NO8P/c1-6-8-10-12-14-16-17-18-19-20-21-23-25-27-29-36(39)45-34(33-44-46(40,41)43-31-30-37(3,4)5)32-42-35(38)28-26-24-22-15-13-11-9-7-2/h34H,6-33H2,1-5H3. The minimum Gasteiger partial charge on any atom is -0.756 e. The van der Waals surface area contributed by atoms with Gasteiger partial charge in [0, 0.05) is 12.8 Å². The number of rotatable bonds is 34. The lowest BCUT2D eigenvalue weighted by molar-refractivity contribution is -0.870. The summed E-state index contributed by atoms with van der Waals surface area (Å²) in [5, 5.41) is 0. The SMILES string of the molecule is CCCCCCCCCCCCCCCCC(=O)OC(COC(=O)CCCCCCCCCC)COP(=O)([O-])OCC[N+](C)(C)C. The van der Waals surface area contributed by atoms with Gasteiger partial charge in [-0.1, -0.05) is 142 Å². The van der Waals surface area contributed by atoms with Crippen molar-refractivity contribution >= 4 is 19.8 Å². The molecule has 274 valence electrons. The van der Waals surface area contributed by atoms with Crippen molar-refractivity contribution in [2.45, 2.75) is 174 Å². The highest BCUT2D eigenvalue weighted by molar-refractivity contribution is 7.45. The summed E-state index contributed by atoms with van der Waals surface area (Å²) in [5.41, 5.74) is 0. The van der Waals surface area contributed by atoms with Crippen molar-refractivity contribution in [2.75, 3.05) is 47.5 Å². The van der Waals surface area contributed by atoms with Crippen LogP contribution in [0.1, 0.15) is 168 Å². The van der Waals surface area contributed by atoms with Gasteiger partial charge < -0.3 is 27.9 Å². The average Bonchev–Trinajstić information content (AvgIpc) is 2.99. The molecule has 0 saturated heterocycles. The third-order valence-corrected chi connectivity index (χ3v) is 9.09. The quantitative estimate of drug-likeness (QED) is 0.0287. The first-order valence-electron chi connectivity index (χ1n) is 18.7. The summed E-state index contributed by atoms with van der Waals surface area (Å²) in [4.78, 5) is 37.2. The van der Waals surface area contributed by atoms with Crippen LogP contribution in [0, 0.1) is 0 Å². The fourth-order valence-electron chi connectivity index (χ4n) is 5.12. The maximum absolute atomic E-state index is 12.6. The lowest BCUT2D eigenvalue weighted by Crippen LogP contribution is -2.37. The summed E-state index contributed by atoms with van der Waals surface area (Å²) in [6.07, 6.45) is 25.6. The largest absolute Gasteiger partial charge is 0.756 e. The molecule has 0 bridgehead atoms. The van der Waals surface area contributed by atoms with E-state index in [4.69, 9.17) is 18.5 Å². The Morgan fingerprint density at radius 3 is 1.39 bits per heavy atom. The predicted molar refractivity (Wildman–Crippen MR) is 185 cm³/mol. The Labute approximate surface area is 283 Å². The van der Waals surface area contributed by atoms with Gasteiger partial charge in [-0.15, -0.1) is 0 Å². The van der Waals surface area contributed by atoms with Gasteiger partial charge in [-0.3, -0.25) is 14.2 Å². The van der Waals surface area contributed by atoms with Crippen LogP contribution in [0.25, 0.3) is 0 Å². The molecule has 0 aromatic rings. The number of esters is 2. The molecule has 10 heteroatoms. The summed E-state index contributed by atoms with van der Waals surface area (Å²) < 4.78 is 33.6. The van der Waals surface area contributed by atoms with Gasteiger partial charge in [0.05, 0.1) is 27.7 Å². The van der Waals surface area contributed by atoms with E-state index in [0.29, 0.717) is 17.4 Å². The highest BCUT2D eigenvalue weighted by Gasteiger charge is 2.21. The zero-order chi connectivity index (χ0) is 34.4. The summed E-state index contributed by atoms with van der Waals surface area (Å²) in [6, 6.07) is 0. The van der Waals surface area contributed by atoms with Crippen molar-refractivity contribution < 1.29 is 42.1 Å². The molecule has 0 N–H and O–H groups in total. The normalized spacial score (nSPS) is 13.8. The van der Waals surface area contributed by atoms with Crippen molar-refractivity contribution in [1.82, 2.24) is 0 Å². The molecule has 0 fully saturated rings. The van der Waals surface area contributed by atoms with Crippen LogP contribution in [0.2, 0.25) is 0 Å². The maximum Gasteiger partial charge on any atom is 0.306 e. The monoisotopic (exact) mass is 677 g/mol. The molecule has 0 aromatic carbocycles. The summed E-state index contributed by atoms with van der Waals surface area (Å²) >= 11 is 0. The molecule has 0 amide bonds. The Morgan fingerprint density at radius 1 is 0.587 bits per heavy atom. The fraction of sp³-hybridized carbons (Fsp3) is 0.944. The Bertz CT molecular complexity index is 774. The van der Waals surface area contributed by atoms with Crippen LogP contribution in [0.5, 0.6) is 0 Å². The number of phosphoric ester groups is 1. The molecular formula is C36H72NO8P. The molecule has 9 nitrogen and oxygen atoms in total. The number of ether oxygens (including phenoxy) is 2. The Balaban J connectivity index is 4.39. The topological polar surface area (TPSA) is 111 Å². The van der Waals surface area contributed by atoms with Crippen LogP contribution in [0.3, 0.4) is 0 Å². The molecule has 0 heterocycles. The Kier molecular flexibility index (Phi) is 29.4. The minimum atomic E-state index is -4.60. The molecule has 0 rings (SSSR count). The molecule has 0 spiro atoms. The van der Waals surface area contributed by atoms with E-state index in [0.717, 1.165) is 32.1 Å². The van der Waals surface area contributed by atoms with Crippen molar-refractivity contribution in [2.24, 2.45) is 0 Å². The van der Waals surface area contributed by atoms with E-state index in [1.165, 1.54) is 103 Å². The number of carbonyl (C=O) groups excluding carboxylic acids is 2. The summed E-state index contributed by atoms with van der Waals surface area (Å²) in [7, 11) is 1.17. The molecule has 0 aromatic heterocycles. The van der Waals surface area contributed by atoms with E-state index in [2.05, 4.69) is 13.8 Å². The number of nitrogens with zero attached hydrogens (tertiary/aromatic N) is 1. The maximum atomic E-state index is 12.6. The van der Waals surface area contributed by atoms with E-state index in [1.807, 2.05) is 21.1 Å². The first kappa shape index (κ1) is 45.0. The van der Waals surface area contributed by atoms with Gasteiger partial charge in [0.25, 0.3) is 7.82 Å². The zero-order valence-corrected chi connectivity index (χ0v) is 31.4. The molecule has 0 aliphatic rings. The molecule has 2 atom stereocenters. The van der Waals surface area contributed by atoms with Gasteiger partial charge in [0.2, 0.25) is 0 Å². The number of unbranched alkanes of at least 4 members (excludes halogenated alkanes) is 20. The molecule has 0 saturated carbocycles. The van der Waals surface area contributed by atoms with E-state index in [-0.39, 0.29) is 32.0 Å². The molecule has 2 unspecified atom stereocenters. The number of carbonyl (C=O) groups is 2.